The van der Waals surface area contributed by atoms with Gasteiger partial charge in [0, 0.05) is 25.4 Å². The molecule has 0 aliphatic rings. The molecule has 7 heteroatoms. The number of nitrogens with one attached hydrogen (secondary N) is 2. The van der Waals surface area contributed by atoms with E-state index in [1.807, 2.05) is 13.0 Å². The van der Waals surface area contributed by atoms with Gasteiger partial charge >= 0.3 is 5.97 Å². The van der Waals surface area contributed by atoms with Crippen LogP contribution in [0.5, 0.6) is 0 Å². The van der Waals surface area contributed by atoms with E-state index < -0.39 is 0 Å². The summed E-state index contributed by atoms with van der Waals surface area (Å²) in [6.07, 6.45) is 0. The number of aromatic nitrogens is 2. The fourth-order valence-corrected chi connectivity index (χ4v) is 1.96. The van der Waals surface area contributed by atoms with Crippen LogP contribution in [0.3, 0.4) is 0 Å². The number of nitrogens with zero attached hydrogens (tertiary/aromatic N) is 2. The second kappa shape index (κ2) is 8.09. The Morgan fingerprint density at radius 3 is 2.48 bits per heavy atom. The van der Waals surface area contributed by atoms with Gasteiger partial charge in [0.05, 0.1) is 19.3 Å². The standard InChI is InChI=1S/C16H20N4O3/c1-11-18-14(17-8-9-22-2)10-15(19-11)20-13-6-4-12(5-7-13)16(21)23-3/h4-7,10H,8-9H2,1-3H3,(H2,17,18,19,20). The summed E-state index contributed by atoms with van der Waals surface area (Å²) in [4.78, 5) is 20.1. The van der Waals surface area contributed by atoms with E-state index >= 15 is 0 Å². The van der Waals surface area contributed by atoms with E-state index in [1.54, 1.807) is 31.4 Å². The molecule has 2 rings (SSSR count). The highest BCUT2D eigenvalue weighted by molar-refractivity contribution is 5.89. The Balaban J connectivity index is 2.08. The molecule has 122 valence electrons. The van der Waals surface area contributed by atoms with Crippen LogP contribution in [0, 0.1) is 6.92 Å². The number of methoxy groups -OCH3 is 2. The molecule has 23 heavy (non-hydrogen) atoms. The van der Waals surface area contributed by atoms with Crippen LogP contribution in [0.25, 0.3) is 0 Å². The van der Waals surface area contributed by atoms with E-state index in [0.29, 0.717) is 30.4 Å². The highest BCUT2D eigenvalue weighted by Gasteiger charge is 2.06. The van der Waals surface area contributed by atoms with Gasteiger partial charge in [-0.2, -0.15) is 0 Å². The SMILES string of the molecule is COCCNc1cc(Nc2ccc(C(=O)OC)cc2)nc(C)n1. The average Bonchev–Trinajstić information content (AvgIpc) is 2.54. The van der Waals surface area contributed by atoms with Crippen LogP contribution in [-0.2, 0) is 9.47 Å². The molecule has 1 heterocycles. The van der Waals surface area contributed by atoms with Crippen molar-refractivity contribution in [2.45, 2.75) is 6.92 Å². The minimum atomic E-state index is -0.362. The number of benzene rings is 1. The van der Waals surface area contributed by atoms with Crippen LogP contribution >= 0.6 is 0 Å². The van der Waals surface area contributed by atoms with Gasteiger partial charge in [0.2, 0.25) is 0 Å². The molecule has 2 aromatic rings. The summed E-state index contributed by atoms with van der Waals surface area (Å²) in [5.41, 5.74) is 1.32. The van der Waals surface area contributed by atoms with E-state index in [9.17, 15) is 4.79 Å². The maximum atomic E-state index is 11.4. The fraction of sp³-hybridized carbons (Fsp3) is 0.312. The molecule has 0 aliphatic heterocycles. The topological polar surface area (TPSA) is 85.4 Å². The minimum absolute atomic E-state index is 0.362. The molecule has 2 N–H and O–H groups in total. The lowest BCUT2D eigenvalue weighted by Crippen LogP contribution is -2.10. The summed E-state index contributed by atoms with van der Waals surface area (Å²) < 4.78 is 9.67. The summed E-state index contributed by atoms with van der Waals surface area (Å²) in [5.74, 6) is 1.69. The maximum Gasteiger partial charge on any atom is 0.337 e. The molecule has 1 aromatic carbocycles. The van der Waals surface area contributed by atoms with Crippen molar-refractivity contribution in [3.05, 3.63) is 41.7 Å². The van der Waals surface area contributed by atoms with Crippen LogP contribution < -0.4 is 10.6 Å². The van der Waals surface area contributed by atoms with Gasteiger partial charge in [-0.25, -0.2) is 14.8 Å². The first kappa shape index (κ1) is 16.7. The van der Waals surface area contributed by atoms with Gasteiger partial charge in [0.1, 0.15) is 17.5 Å². The van der Waals surface area contributed by atoms with Crippen molar-refractivity contribution >= 4 is 23.3 Å². The molecular weight excluding hydrogens is 296 g/mol. The lowest BCUT2D eigenvalue weighted by molar-refractivity contribution is 0.0601. The first-order valence-corrected chi connectivity index (χ1v) is 7.16. The van der Waals surface area contributed by atoms with Gasteiger partial charge in [0.25, 0.3) is 0 Å². The number of hydrogen-bond acceptors (Lipinski definition) is 7. The lowest BCUT2D eigenvalue weighted by Gasteiger charge is -2.10. The summed E-state index contributed by atoms with van der Waals surface area (Å²) >= 11 is 0. The van der Waals surface area contributed by atoms with E-state index in [0.717, 1.165) is 11.5 Å². The van der Waals surface area contributed by atoms with Crippen molar-refractivity contribution in [3.63, 3.8) is 0 Å². The van der Waals surface area contributed by atoms with E-state index in [4.69, 9.17) is 4.74 Å². The lowest BCUT2D eigenvalue weighted by atomic mass is 10.2. The minimum Gasteiger partial charge on any atom is -0.465 e. The van der Waals surface area contributed by atoms with Crippen molar-refractivity contribution in [2.75, 3.05) is 38.0 Å². The van der Waals surface area contributed by atoms with Crippen molar-refractivity contribution in [2.24, 2.45) is 0 Å². The van der Waals surface area contributed by atoms with Crippen LogP contribution in [0.4, 0.5) is 17.3 Å². The molecule has 1 aromatic heterocycles. The molecule has 0 unspecified atom stereocenters. The number of aryl methyl sites for hydroxylation is 1. The number of carbonyl (C=O) groups excluding carboxylic acids is 1. The fourth-order valence-electron chi connectivity index (χ4n) is 1.96. The Kier molecular flexibility index (Phi) is 5.87. The Bertz CT molecular complexity index is 659. The van der Waals surface area contributed by atoms with Crippen LogP contribution in [0.15, 0.2) is 30.3 Å². The van der Waals surface area contributed by atoms with Gasteiger partial charge in [-0.3, -0.25) is 0 Å². The van der Waals surface area contributed by atoms with Crippen molar-refractivity contribution in [3.8, 4) is 0 Å². The maximum absolute atomic E-state index is 11.4. The van der Waals surface area contributed by atoms with Crippen LogP contribution in [-0.4, -0.2) is 43.3 Å². The Labute approximate surface area is 135 Å². The number of rotatable bonds is 7. The van der Waals surface area contributed by atoms with Gasteiger partial charge < -0.3 is 20.1 Å². The smallest absolute Gasteiger partial charge is 0.337 e. The number of ether oxygens (including phenoxy) is 2. The second-order valence-electron chi connectivity index (χ2n) is 4.80. The Hall–Kier alpha value is -2.67. The van der Waals surface area contributed by atoms with E-state index in [1.165, 1.54) is 7.11 Å². The molecule has 0 radical (unpaired) electrons. The Morgan fingerprint density at radius 2 is 1.83 bits per heavy atom. The monoisotopic (exact) mass is 316 g/mol. The zero-order chi connectivity index (χ0) is 16.7. The van der Waals surface area contributed by atoms with Crippen molar-refractivity contribution < 1.29 is 14.3 Å². The van der Waals surface area contributed by atoms with Gasteiger partial charge in [-0.15, -0.1) is 0 Å². The van der Waals surface area contributed by atoms with Crippen molar-refractivity contribution in [1.82, 2.24) is 9.97 Å². The number of carbonyl (C=O) groups is 1. The zero-order valence-corrected chi connectivity index (χ0v) is 13.4. The van der Waals surface area contributed by atoms with E-state index in [2.05, 4.69) is 25.3 Å². The molecule has 0 saturated heterocycles. The summed E-state index contributed by atoms with van der Waals surface area (Å²) in [6, 6.07) is 8.79. The number of esters is 1. The predicted molar refractivity (Wildman–Crippen MR) is 88.2 cm³/mol. The molecule has 0 atom stereocenters. The average molecular weight is 316 g/mol. The second-order valence-corrected chi connectivity index (χ2v) is 4.80. The molecule has 0 saturated carbocycles. The Morgan fingerprint density at radius 1 is 1.13 bits per heavy atom. The van der Waals surface area contributed by atoms with Crippen LogP contribution in [0.2, 0.25) is 0 Å². The molecule has 0 amide bonds. The molecule has 0 fully saturated rings. The van der Waals surface area contributed by atoms with Crippen LogP contribution in [0.1, 0.15) is 16.2 Å². The third-order valence-corrected chi connectivity index (χ3v) is 3.03. The largest absolute Gasteiger partial charge is 0.465 e. The molecular formula is C16H20N4O3. The normalized spacial score (nSPS) is 10.2. The molecule has 0 spiro atoms. The summed E-state index contributed by atoms with van der Waals surface area (Å²) in [5, 5.41) is 6.35. The highest BCUT2D eigenvalue weighted by atomic mass is 16.5. The summed E-state index contributed by atoms with van der Waals surface area (Å²) in [6.45, 7) is 3.09. The highest BCUT2D eigenvalue weighted by Crippen LogP contribution is 2.18. The third kappa shape index (κ3) is 4.93. The third-order valence-electron chi connectivity index (χ3n) is 3.03. The number of anilines is 3. The van der Waals surface area contributed by atoms with E-state index in [-0.39, 0.29) is 5.97 Å². The molecule has 7 nitrogen and oxygen atoms in total. The van der Waals surface area contributed by atoms with Gasteiger partial charge in [0.15, 0.2) is 0 Å². The van der Waals surface area contributed by atoms with Gasteiger partial charge in [-0.1, -0.05) is 0 Å². The first-order chi connectivity index (χ1) is 11.1. The quantitative estimate of drug-likeness (QED) is 0.599. The van der Waals surface area contributed by atoms with Crippen molar-refractivity contribution in [1.29, 1.82) is 0 Å². The number of hydrogen-bond donors (Lipinski definition) is 2. The van der Waals surface area contributed by atoms with Gasteiger partial charge in [-0.05, 0) is 31.2 Å². The summed E-state index contributed by atoms with van der Waals surface area (Å²) in [7, 11) is 3.01. The molecule has 0 aliphatic carbocycles. The predicted octanol–water partition coefficient (Wildman–Crippen LogP) is 2.37. The zero-order valence-electron chi connectivity index (χ0n) is 13.4. The molecule has 0 bridgehead atoms. The first-order valence-electron chi connectivity index (χ1n) is 7.16.